The molecule has 4 aromatic rings. The first-order valence-electron chi connectivity index (χ1n) is 15.4. The highest BCUT2D eigenvalue weighted by Gasteiger charge is 2.55. The van der Waals surface area contributed by atoms with Gasteiger partial charge in [-0.05, 0) is 83.3 Å². The third kappa shape index (κ3) is 5.15. The number of benzene rings is 4. The molecule has 4 nitrogen and oxygen atoms in total. The first-order valence-corrected chi connectivity index (χ1v) is 15.4. The number of hydrogen-bond acceptors (Lipinski definition) is 4. The molecule has 0 spiro atoms. The normalized spacial score (nSPS) is 20.0. The Morgan fingerprint density at radius 1 is 0.548 bits per heavy atom. The van der Waals surface area contributed by atoms with Crippen molar-refractivity contribution < 1.29 is 19.1 Å². The lowest BCUT2D eigenvalue weighted by molar-refractivity contribution is -0.0560. The maximum Gasteiger partial charge on any atom is 0.338 e. The maximum absolute atomic E-state index is 13.7. The van der Waals surface area contributed by atoms with E-state index >= 15 is 0 Å². The molecule has 3 aliphatic carbocycles. The van der Waals surface area contributed by atoms with Crippen LogP contribution in [0.2, 0.25) is 0 Å². The lowest BCUT2D eigenvalue weighted by Gasteiger charge is -2.50. The van der Waals surface area contributed by atoms with Crippen molar-refractivity contribution in [2.75, 3.05) is 0 Å². The standard InChI is InChI=1S/C38H38O4/c1-3-5-15-25-21-13-23-29-31(25)34-32-26(16-6-4-2)22-14-24-30(32)33(29)35(41-37(39)27-17-9-7-10-18-27)36(34)42-38(40)28-19-11-8-12-20-28/h7-14,17-24,33-36H,3-6,15-16H2,1-2H3. The van der Waals surface area contributed by atoms with Gasteiger partial charge in [-0.25, -0.2) is 9.59 Å². The predicted octanol–water partition coefficient (Wildman–Crippen LogP) is 8.41. The van der Waals surface area contributed by atoms with Crippen LogP contribution in [-0.2, 0) is 22.3 Å². The van der Waals surface area contributed by atoms with Crippen LogP contribution in [0.1, 0.15) is 105 Å². The molecule has 4 heteroatoms. The average molecular weight is 559 g/mol. The van der Waals surface area contributed by atoms with Crippen LogP contribution in [0, 0.1) is 0 Å². The zero-order chi connectivity index (χ0) is 29.1. The molecule has 42 heavy (non-hydrogen) atoms. The second-order valence-electron chi connectivity index (χ2n) is 11.5. The average Bonchev–Trinajstić information content (AvgIpc) is 3.04. The van der Waals surface area contributed by atoms with Crippen LogP contribution in [0.5, 0.6) is 0 Å². The Hall–Kier alpha value is -4.18. The molecule has 0 aliphatic heterocycles. The summed E-state index contributed by atoms with van der Waals surface area (Å²) in [6, 6.07) is 31.3. The Labute approximate surface area is 248 Å². The van der Waals surface area contributed by atoms with E-state index in [0.717, 1.165) is 38.5 Å². The van der Waals surface area contributed by atoms with Gasteiger partial charge in [-0.1, -0.05) is 99.5 Å². The summed E-state index contributed by atoms with van der Waals surface area (Å²) in [5.41, 5.74) is 8.46. The molecule has 0 saturated carbocycles. The Morgan fingerprint density at radius 2 is 0.976 bits per heavy atom. The van der Waals surface area contributed by atoms with E-state index in [1.54, 1.807) is 24.3 Å². The summed E-state index contributed by atoms with van der Waals surface area (Å²) < 4.78 is 12.9. The van der Waals surface area contributed by atoms with Crippen LogP contribution >= 0.6 is 0 Å². The summed E-state index contributed by atoms with van der Waals surface area (Å²) in [7, 11) is 0. The van der Waals surface area contributed by atoms with Gasteiger partial charge in [0.05, 0.1) is 23.0 Å². The second-order valence-corrected chi connectivity index (χ2v) is 11.5. The number of unbranched alkanes of at least 4 members (excludes halogenated alkanes) is 2. The van der Waals surface area contributed by atoms with E-state index in [9.17, 15) is 9.59 Å². The van der Waals surface area contributed by atoms with Crippen LogP contribution in [0.3, 0.4) is 0 Å². The number of ether oxygens (including phenoxy) is 2. The lowest BCUT2D eigenvalue weighted by Crippen LogP contribution is -2.52. The van der Waals surface area contributed by atoms with Gasteiger partial charge < -0.3 is 9.47 Å². The van der Waals surface area contributed by atoms with E-state index < -0.39 is 24.1 Å². The Morgan fingerprint density at radius 3 is 1.40 bits per heavy atom. The van der Waals surface area contributed by atoms with Crippen molar-refractivity contribution in [3.8, 4) is 0 Å². The van der Waals surface area contributed by atoms with E-state index in [4.69, 9.17) is 9.47 Å². The third-order valence-electron chi connectivity index (χ3n) is 8.84. The minimum absolute atomic E-state index is 0.220. The summed E-state index contributed by atoms with van der Waals surface area (Å²) in [4.78, 5) is 27.2. The molecule has 2 unspecified atom stereocenters. The van der Waals surface area contributed by atoms with Gasteiger partial charge in [0.15, 0.2) is 12.2 Å². The summed E-state index contributed by atoms with van der Waals surface area (Å²) in [6.45, 7) is 4.42. The number of esters is 2. The molecule has 4 aromatic carbocycles. The predicted molar refractivity (Wildman–Crippen MR) is 165 cm³/mol. The van der Waals surface area contributed by atoms with E-state index in [1.807, 2.05) is 36.4 Å². The third-order valence-corrected chi connectivity index (χ3v) is 8.84. The first kappa shape index (κ1) is 28.0. The van der Waals surface area contributed by atoms with Crippen LogP contribution in [-0.4, -0.2) is 24.1 Å². The van der Waals surface area contributed by atoms with Gasteiger partial charge in [0.1, 0.15) is 0 Å². The summed E-state index contributed by atoms with van der Waals surface area (Å²) >= 11 is 0. The first-order chi connectivity index (χ1) is 20.6. The van der Waals surface area contributed by atoms with Crippen LogP contribution in [0.25, 0.3) is 0 Å². The molecule has 0 radical (unpaired) electrons. The molecular formula is C38H38O4. The maximum atomic E-state index is 13.7. The zero-order valence-corrected chi connectivity index (χ0v) is 24.4. The molecule has 0 saturated heterocycles. The zero-order valence-electron chi connectivity index (χ0n) is 24.4. The molecule has 214 valence electrons. The number of carbonyl (C=O) groups is 2. The van der Waals surface area contributed by atoms with Gasteiger partial charge in [0.2, 0.25) is 0 Å². The molecule has 0 N–H and O–H groups in total. The van der Waals surface area contributed by atoms with Crippen molar-refractivity contribution in [2.45, 2.75) is 76.4 Å². The Bertz CT molecular complexity index is 1500. The van der Waals surface area contributed by atoms with Crippen molar-refractivity contribution in [1.29, 1.82) is 0 Å². The van der Waals surface area contributed by atoms with Crippen LogP contribution in [0.15, 0.2) is 97.1 Å². The van der Waals surface area contributed by atoms with E-state index in [1.165, 1.54) is 33.4 Å². The number of hydrogen-bond donors (Lipinski definition) is 0. The minimum atomic E-state index is -0.654. The van der Waals surface area contributed by atoms with Gasteiger partial charge >= 0.3 is 11.9 Å². The van der Waals surface area contributed by atoms with Crippen molar-refractivity contribution in [2.24, 2.45) is 0 Å². The second kappa shape index (κ2) is 12.4. The van der Waals surface area contributed by atoms with E-state index in [-0.39, 0.29) is 11.8 Å². The van der Waals surface area contributed by atoms with Gasteiger partial charge in [-0.15, -0.1) is 0 Å². The van der Waals surface area contributed by atoms with Crippen molar-refractivity contribution in [1.82, 2.24) is 0 Å². The van der Waals surface area contributed by atoms with Crippen LogP contribution < -0.4 is 0 Å². The summed E-state index contributed by atoms with van der Waals surface area (Å²) in [5, 5.41) is 0. The highest BCUT2D eigenvalue weighted by molar-refractivity contribution is 5.91. The van der Waals surface area contributed by atoms with Gasteiger partial charge in [0, 0.05) is 0 Å². The van der Waals surface area contributed by atoms with Gasteiger partial charge in [-0.3, -0.25) is 0 Å². The highest BCUT2D eigenvalue weighted by atomic mass is 16.6. The van der Waals surface area contributed by atoms with Crippen molar-refractivity contribution in [3.63, 3.8) is 0 Å². The Balaban J connectivity index is 1.53. The fraction of sp³-hybridized carbons (Fsp3) is 0.316. The van der Waals surface area contributed by atoms with Gasteiger partial charge in [-0.2, -0.15) is 0 Å². The number of rotatable bonds is 10. The van der Waals surface area contributed by atoms with E-state index in [2.05, 4.69) is 50.2 Å². The molecule has 0 fully saturated rings. The summed E-state index contributed by atoms with van der Waals surface area (Å²) in [5.74, 6) is -1.25. The molecule has 3 aliphatic rings. The topological polar surface area (TPSA) is 52.6 Å². The number of carbonyl (C=O) groups excluding carboxylic acids is 2. The van der Waals surface area contributed by atoms with Gasteiger partial charge in [0.25, 0.3) is 0 Å². The number of aryl methyl sites for hydroxylation is 2. The van der Waals surface area contributed by atoms with Crippen molar-refractivity contribution >= 4 is 11.9 Å². The quantitative estimate of drug-likeness (QED) is 0.183. The molecule has 0 aromatic heterocycles. The lowest BCUT2D eigenvalue weighted by atomic mass is 9.58. The SMILES string of the molecule is CCCCc1cccc2c1C1c3c(CCCC)cccc3C2C(OC(=O)c2ccccc2)C1OC(=O)c1ccccc1. The molecule has 0 heterocycles. The fourth-order valence-corrected chi connectivity index (χ4v) is 6.91. The molecule has 2 bridgehead atoms. The summed E-state index contributed by atoms with van der Waals surface area (Å²) in [6.07, 6.45) is 4.98. The monoisotopic (exact) mass is 558 g/mol. The molecule has 0 amide bonds. The largest absolute Gasteiger partial charge is 0.454 e. The van der Waals surface area contributed by atoms with E-state index in [0.29, 0.717) is 11.1 Å². The Kier molecular flexibility index (Phi) is 8.23. The molecular weight excluding hydrogens is 520 g/mol. The fourth-order valence-electron chi connectivity index (χ4n) is 6.91. The number of fused-ring (bicyclic) bond motifs is 1. The minimum Gasteiger partial charge on any atom is -0.454 e. The van der Waals surface area contributed by atoms with Crippen molar-refractivity contribution in [3.05, 3.63) is 142 Å². The molecule has 7 rings (SSSR count). The smallest absolute Gasteiger partial charge is 0.338 e. The van der Waals surface area contributed by atoms with Crippen LogP contribution in [0.4, 0.5) is 0 Å². The molecule has 2 atom stereocenters. The highest BCUT2D eigenvalue weighted by Crippen LogP contribution is 2.57.